The maximum atomic E-state index is 8.97. The van der Waals surface area contributed by atoms with Gasteiger partial charge in [0.1, 0.15) is 5.75 Å². The molecular formula is C13H20O2. The molecule has 0 saturated carbocycles. The van der Waals surface area contributed by atoms with Crippen molar-refractivity contribution in [2.24, 2.45) is 0 Å². The predicted molar refractivity (Wildman–Crippen MR) is 62.6 cm³/mol. The Bertz CT molecular complexity index is 330. The SMILES string of the molecule is COc1cc(C)c(CCO)cc1C(C)C. The average Bonchev–Trinajstić information content (AvgIpc) is 2.20. The quantitative estimate of drug-likeness (QED) is 0.824. The van der Waals surface area contributed by atoms with Crippen LogP contribution in [-0.4, -0.2) is 18.8 Å². The third-order valence-electron chi connectivity index (χ3n) is 2.69. The second-order valence-electron chi connectivity index (χ2n) is 4.15. The summed E-state index contributed by atoms with van der Waals surface area (Å²) in [6.07, 6.45) is 0.718. The van der Waals surface area contributed by atoms with Gasteiger partial charge >= 0.3 is 0 Å². The molecule has 0 heterocycles. The molecule has 0 aliphatic rings. The molecule has 0 aromatic heterocycles. The van der Waals surface area contributed by atoms with Crippen LogP contribution in [0.4, 0.5) is 0 Å². The molecule has 0 unspecified atom stereocenters. The monoisotopic (exact) mass is 208 g/mol. The van der Waals surface area contributed by atoms with Crippen LogP contribution in [0.25, 0.3) is 0 Å². The highest BCUT2D eigenvalue weighted by Crippen LogP contribution is 2.29. The summed E-state index contributed by atoms with van der Waals surface area (Å²) in [6.45, 7) is 6.55. The minimum atomic E-state index is 0.199. The van der Waals surface area contributed by atoms with Crippen LogP contribution in [0.5, 0.6) is 5.75 Å². The van der Waals surface area contributed by atoms with E-state index in [4.69, 9.17) is 9.84 Å². The van der Waals surface area contributed by atoms with Gasteiger partial charge in [0.15, 0.2) is 0 Å². The van der Waals surface area contributed by atoms with Crippen LogP contribution in [0.3, 0.4) is 0 Å². The first-order valence-electron chi connectivity index (χ1n) is 5.38. The third-order valence-corrected chi connectivity index (χ3v) is 2.69. The molecule has 15 heavy (non-hydrogen) atoms. The highest BCUT2D eigenvalue weighted by Gasteiger charge is 2.10. The number of hydrogen-bond donors (Lipinski definition) is 1. The van der Waals surface area contributed by atoms with Gasteiger partial charge < -0.3 is 9.84 Å². The maximum Gasteiger partial charge on any atom is 0.122 e. The Morgan fingerprint density at radius 3 is 2.47 bits per heavy atom. The third kappa shape index (κ3) is 2.72. The molecule has 0 amide bonds. The lowest BCUT2D eigenvalue weighted by molar-refractivity contribution is 0.299. The fraction of sp³-hybridized carbons (Fsp3) is 0.538. The van der Waals surface area contributed by atoms with Crippen molar-refractivity contribution in [1.29, 1.82) is 0 Å². The number of aliphatic hydroxyl groups is 1. The minimum absolute atomic E-state index is 0.199. The number of ether oxygens (including phenoxy) is 1. The number of methoxy groups -OCH3 is 1. The molecule has 2 nitrogen and oxygen atoms in total. The lowest BCUT2D eigenvalue weighted by Gasteiger charge is -2.15. The second kappa shape index (κ2) is 5.17. The van der Waals surface area contributed by atoms with Crippen LogP contribution in [0.15, 0.2) is 12.1 Å². The number of benzene rings is 1. The van der Waals surface area contributed by atoms with Crippen LogP contribution in [-0.2, 0) is 6.42 Å². The van der Waals surface area contributed by atoms with E-state index < -0.39 is 0 Å². The average molecular weight is 208 g/mol. The number of hydrogen-bond acceptors (Lipinski definition) is 2. The summed E-state index contributed by atoms with van der Waals surface area (Å²) in [5.74, 6) is 1.39. The first kappa shape index (κ1) is 12.1. The summed E-state index contributed by atoms with van der Waals surface area (Å²) in [6, 6.07) is 4.20. The van der Waals surface area contributed by atoms with Crippen molar-refractivity contribution in [3.63, 3.8) is 0 Å². The molecule has 0 fully saturated rings. The van der Waals surface area contributed by atoms with Crippen molar-refractivity contribution < 1.29 is 9.84 Å². The van der Waals surface area contributed by atoms with Crippen molar-refractivity contribution in [3.8, 4) is 5.75 Å². The zero-order valence-electron chi connectivity index (χ0n) is 10.0. The van der Waals surface area contributed by atoms with Crippen LogP contribution in [0.1, 0.15) is 36.5 Å². The lowest BCUT2D eigenvalue weighted by Crippen LogP contribution is -2.00. The first-order valence-corrected chi connectivity index (χ1v) is 5.38. The van der Waals surface area contributed by atoms with Gasteiger partial charge in [0.2, 0.25) is 0 Å². The van der Waals surface area contributed by atoms with E-state index in [2.05, 4.69) is 32.9 Å². The van der Waals surface area contributed by atoms with Crippen molar-refractivity contribution in [1.82, 2.24) is 0 Å². The number of aryl methyl sites for hydroxylation is 1. The van der Waals surface area contributed by atoms with E-state index in [0.29, 0.717) is 5.92 Å². The molecule has 0 radical (unpaired) electrons. The Morgan fingerprint density at radius 1 is 1.33 bits per heavy atom. The highest BCUT2D eigenvalue weighted by molar-refractivity contribution is 5.43. The van der Waals surface area contributed by atoms with Gasteiger partial charge in [-0.3, -0.25) is 0 Å². The fourth-order valence-corrected chi connectivity index (χ4v) is 1.76. The van der Waals surface area contributed by atoms with E-state index in [1.165, 1.54) is 16.7 Å². The fourth-order valence-electron chi connectivity index (χ4n) is 1.76. The highest BCUT2D eigenvalue weighted by atomic mass is 16.5. The van der Waals surface area contributed by atoms with Crippen molar-refractivity contribution in [3.05, 3.63) is 28.8 Å². The van der Waals surface area contributed by atoms with E-state index in [0.717, 1.165) is 12.2 Å². The standard InChI is InChI=1S/C13H20O2/c1-9(2)12-8-11(5-6-14)10(3)7-13(12)15-4/h7-9,14H,5-6H2,1-4H3. The number of aliphatic hydroxyl groups excluding tert-OH is 1. The van der Waals surface area contributed by atoms with Crippen molar-refractivity contribution >= 4 is 0 Å². The van der Waals surface area contributed by atoms with Gasteiger partial charge in [-0.15, -0.1) is 0 Å². The molecule has 84 valence electrons. The largest absolute Gasteiger partial charge is 0.496 e. The zero-order chi connectivity index (χ0) is 11.4. The van der Waals surface area contributed by atoms with Gasteiger partial charge in [0.05, 0.1) is 7.11 Å². The Kier molecular flexibility index (Phi) is 4.15. The molecular weight excluding hydrogens is 188 g/mol. The maximum absolute atomic E-state index is 8.97. The summed E-state index contributed by atoms with van der Waals surface area (Å²) in [5, 5.41) is 8.97. The van der Waals surface area contributed by atoms with Crippen LogP contribution >= 0.6 is 0 Å². The Hall–Kier alpha value is -1.02. The summed E-state index contributed by atoms with van der Waals surface area (Å²) < 4.78 is 5.36. The smallest absolute Gasteiger partial charge is 0.122 e. The Labute approximate surface area is 91.9 Å². The molecule has 0 aliphatic heterocycles. The van der Waals surface area contributed by atoms with Gasteiger partial charge in [-0.2, -0.15) is 0 Å². The van der Waals surface area contributed by atoms with Crippen LogP contribution < -0.4 is 4.74 Å². The zero-order valence-corrected chi connectivity index (χ0v) is 10.0. The Morgan fingerprint density at radius 2 is 2.00 bits per heavy atom. The van der Waals surface area contributed by atoms with E-state index in [9.17, 15) is 0 Å². The molecule has 2 heteroatoms. The molecule has 0 saturated heterocycles. The predicted octanol–water partition coefficient (Wildman–Crippen LogP) is 2.66. The second-order valence-corrected chi connectivity index (χ2v) is 4.15. The van der Waals surface area contributed by atoms with Gasteiger partial charge in [0.25, 0.3) is 0 Å². The van der Waals surface area contributed by atoms with Gasteiger partial charge in [-0.05, 0) is 42.0 Å². The molecule has 0 atom stereocenters. The van der Waals surface area contributed by atoms with Crippen LogP contribution in [0.2, 0.25) is 0 Å². The summed E-state index contributed by atoms with van der Waals surface area (Å²) in [4.78, 5) is 0. The van der Waals surface area contributed by atoms with Crippen LogP contribution in [0, 0.1) is 6.92 Å². The lowest BCUT2D eigenvalue weighted by atomic mass is 9.95. The topological polar surface area (TPSA) is 29.5 Å². The normalized spacial score (nSPS) is 10.8. The molecule has 0 spiro atoms. The summed E-state index contributed by atoms with van der Waals surface area (Å²) in [7, 11) is 1.70. The summed E-state index contributed by atoms with van der Waals surface area (Å²) in [5.41, 5.74) is 3.61. The van der Waals surface area contributed by atoms with E-state index >= 15 is 0 Å². The molecule has 1 rings (SSSR count). The molecule has 0 bridgehead atoms. The summed E-state index contributed by atoms with van der Waals surface area (Å²) >= 11 is 0. The van der Waals surface area contributed by atoms with Crippen molar-refractivity contribution in [2.75, 3.05) is 13.7 Å². The molecule has 1 aromatic rings. The van der Waals surface area contributed by atoms with E-state index in [-0.39, 0.29) is 6.61 Å². The van der Waals surface area contributed by atoms with Crippen molar-refractivity contribution in [2.45, 2.75) is 33.1 Å². The Balaban J connectivity index is 3.17. The number of rotatable bonds is 4. The molecule has 0 aliphatic carbocycles. The van der Waals surface area contributed by atoms with Gasteiger partial charge in [-0.25, -0.2) is 0 Å². The van der Waals surface area contributed by atoms with Gasteiger partial charge in [-0.1, -0.05) is 19.9 Å². The molecule has 1 N–H and O–H groups in total. The molecule has 1 aromatic carbocycles. The minimum Gasteiger partial charge on any atom is -0.496 e. The van der Waals surface area contributed by atoms with Gasteiger partial charge in [0, 0.05) is 6.61 Å². The van der Waals surface area contributed by atoms with E-state index in [1.807, 2.05) is 0 Å². The first-order chi connectivity index (χ1) is 7.10. The van der Waals surface area contributed by atoms with E-state index in [1.54, 1.807) is 7.11 Å².